The summed E-state index contributed by atoms with van der Waals surface area (Å²) in [5, 5.41) is 5.83. The first-order chi connectivity index (χ1) is 13.7. The van der Waals surface area contributed by atoms with Crippen LogP contribution in [0.4, 0.5) is 0 Å². The highest BCUT2D eigenvalue weighted by molar-refractivity contribution is 6.53. The quantitative estimate of drug-likeness (QED) is 0.516. The van der Waals surface area contributed by atoms with Crippen molar-refractivity contribution in [2.24, 2.45) is 10.5 Å². The summed E-state index contributed by atoms with van der Waals surface area (Å²) in [5.41, 5.74) is 1.84. The fraction of sp³-hybridized carbons (Fsp3) is 0.381. The van der Waals surface area contributed by atoms with Gasteiger partial charge in [-0.3, -0.25) is 9.59 Å². The summed E-state index contributed by atoms with van der Waals surface area (Å²) in [5.74, 6) is -0.418. The lowest BCUT2D eigenvalue weighted by molar-refractivity contribution is -0.157. The molecule has 1 aliphatic heterocycles. The molecule has 1 saturated carbocycles. The number of alkyl halides is 2. The maximum Gasteiger partial charge on any atom is 0.315 e. The number of halogens is 2. The highest BCUT2D eigenvalue weighted by Crippen LogP contribution is 2.64. The van der Waals surface area contributed by atoms with Gasteiger partial charge < -0.3 is 9.15 Å². The number of carbonyl (C=O) groups excluding carboxylic acids is 2. The molecule has 152 valence electrons. The van der Waals surface area contributed by atoms with E-state index >= 15 is 0 Å². The molecule has 2 atom stereocenters. The standard InChI is InChI=1S/C21H20Cl2N2O4/c1-13-5-7-14(8-6-13)15-10-16(17-4-3-9-28-17)25(24-15)18(26)11-29-19(27)20(2)12-21(20,22)23/h3-9,16H,10-12H2,1-2H3/t16-,20-/m0/s1. The van der Waals surface area contributed by atoms with E-state index in [1.807, 2.05) is 31.2 Å². The van der Waals surface area contributed by atoms with Crippen molar-refractivity contribution in [3.05, 3.63) is 59.5 Å². The first-order valence-corrected chi connectivity index (χ1v) is 10.0. The van der Waals surface area contributed by atoms with Crippen LogP contribution in [0.25, 0.3) is 0 Å². The van der Waals surface area contributed by atoms with E-state index in [9.17, 15) is 9.59 Å². The van der Waals surface area contributed by atoms with Gasteiger partial charge in [-0.1, -0.05) is 29.8 Å². The number of hydrogen-bond donors (Lipinski definition) is 0. The van der Waals surface area contributed by atoms with Gasteiger partial charge in [0.15, 0.2) is 6.61 Å². The van der Waals surface area contributed by atoms with Crippen molar-refractivity contribution < 1.29 is 18.7 Å². The maximum atomic E-state index is 12.8. The summed E-state index contributed by atoms with van der Waals surface area (Å²) >= 11 is 12.0. The molecule has 2 aromatic rings. The monoisotopic (exact) mass is 434 g/mol. The van der Waals surface area contributed by atoms with E-state index < -0.39 is 34.3 Å². The highest BCUT2D eigenvalue weighted by atomic mass is 35.5. The molecular formula is C21H20Cl2N2O4. The van der Waals surface area contributed by atoms with Gasteiger partial charge in [0.1, 0.15) is 21.6 Å². The molecule has 4 rings (SSSR count). The van der Waals surface area contributed by atoms with Crippen LogP contribution in [0.1, 0.15) is 42.7 Å². The summed E-state index contributed by atoms with van der Waals surface area (Å²) < 4.78 is 9.57. The number of aryl methyl sites for hydroxylation is 1. The molecule has 0 saturated heterocycles. The van der Waals surface area contributed by atoms with E-state index in [2.05, 4.69) is 5.10 Å². The molecule has 2 aliphatic rings. The number of esters is 1. The molecule has 8 heteroatoms. The van der Waals surface area contributed by atoms with Gasteiger partial charge in [0.05, 0.1) is 12.0 Å². The average molecular weight is 435 g/mol. The van der Waals surface area contributed by atoms with Gasteiger partial charge in [-0.25, -0.2) is 5.01 Å². The number of hydrazone groups is 1. The third-order valence-electron chi connectivity index (χ3n) is 5.46. The Hall–Kier alpha value is -2.31. The lowest BCUT2D eigenvalue weighted by atomic mass is 10.0. The van der Waals surface area contributed by atoms with E-state index in [0.717, 1.165) is 16.8 Å². The minimum Gasteiger partial charge on any atom is -0.467 e. The van der Waals surface area contributed by atoms with Gasteiger partial charge in [0, 0.05) is 12.8 Å². The Morgan fingerprint density at radius 2 is 1.97 bits per heavy atom. The van der Waals surface area contributed by atoms with Crippen molar-refractivity contribution in [3.63, 3.8) is 0 Å². The third-order valence-corrected chi connectivity index (χ3v) is 6.56. The molecule has 0 unspecified atom stereocenters. The molecule has 1 aromatic heterocycles. The minimum absolute atomic E-state index is 0.296. The predicted octanol–water partition coefficient (Wildman–Crippen LogP) is 4.39. The van der Waals surface area contributed by atoms with Gasteiger partial charge in [0.25, 0.3) is 5.91 Å². The largest absolute Gasteiger partial charge is 0.467 e. The van der Waals surface area contributed by atoms with Crippen LogP contribution in [0.15, 0.2) is 52.2 Å². The van der Waals surface area contributed by atoms with Crippen LogP contribution >= 0.6 is 23.2 Å². The third kappa shape index (κ3) is 3.67. The molecule has 1 aromatic carbocycles. The number of furan rings is 1. The zero-order chi connectivity index (χ0) is 20.8. The van der Waals surface area contributed by atoms with E-state index in [1.165, 1.54) is 5.01 Å². The van der Waals surface area contributed by atoms with Crippen LogP contribution < -0.4 is 0 Å². The number of hydrogen-bond acceptors (Lipinski definition) is 5. The Kier molecular flexibility index (Phi) is 4.95. The maximum absolute atomic E-state index is 12.8. The van der Waals surface area contributed by atoms with Crippen LogP contribution in [0.5, 0.6) is 0 Å². The zero-order valence-electron chi connectivity index (χ0n) is 16.0. The summed E-state index contributed by atoms with van der Waals surface area (Å²) in [4.78, 5) is 25.1. The van der Waals surface area contributed by atoms with E-state index in [4.69, 9.17) is 32.4 Å². The molecule has 6 nitrogen and oxygen atoms in total. The fourth-order valence-electron chi connectivity index (χ4n) is 3.34. The number of ether oxygens (including phenoxy) is 1. The summed E-state index contributed by atoms with van der Waals surface area (Å²) in [6, 6.07) is 11.1. The SMILES string of the molecule is Cc1ccc(C2=NN(C(=O)COC(=O)[C@]3(C)CC3(Cl)Cl)[C@H](c3ccco3)C2)cc1. The highest BCUT2D eigenvalue weighted by Gasteiger charge is 2.69. The number of benzene rings is 1. The minimum atomic E-state index is -1.14. The Balaban J connectivity index is 1.51. The molecule has 0 spiro atoms. The molecular weight excluding hydrogens is 415 g/mol. The number of nitrogens with zero attached hydrogens (tertiary/aromatic N) is 2. The number of rotatable bonds is 5. The average Bonchev–Trinajstić information content (AvgIpc) is 3.15. The molecule has 0 radical (unpaired) electrons. The van der Waals surface area contributed by atoms with Crippen LogP contribution in [0, 0.1) is 12.3 Å². The van der Waals surface area contributed by atoms with Crippen LogP contribution in [0.2, 0.25) is 0 Å². The smallest absolute Gasteiger partial charge is 0.315 e. The topological polar surface area (TPSA) is 72.1 Å². The first-order valence-electron chi connectivity index (χ1n) is 9.26. The number of carbonyl (C=O) groups is 2. The van der Waals surface area contributed by atoms with Crippen molar-refractivity contribution in [2.75, 3.05) is 6.61 Å². The molecule has 2 heterocycles. The Morgan fingerprint density at radius 3 is 2.55 bits per heavy atom. The Morgan fingerprint density at radius 1 is 1.28 bits per heavy atom. The normalized spacial score (nSPS) is 24.9. The second-order valence-electron chi connectivity index (χ2n) is 7.68. The second kappa shape index (κ2) is 7.18. The van der Waals surface area contributed by atoms with Gasteiger partial charge in [0.2, 0.25) is 0 Å². The summed E-state index contributed by atoms with van der Waals surface area (Å²) in [7, 11) is 0. The summed E-state index contributed by atoms with van der Waals surface area (Å²) in [6.07, 6.45) is 2.35. The lowest BCUT2D eigenvalue weighted by Gasteiger charge is -2.20. The van der Waals surface area contributed by atoms with E-state index in [1.54, 1.807) is 25.3 Å². The molecule has 1 fully saturated rings. The molecule has 1 aliphatic carbocycles. The Bertz CT molecular complexity index is 969. The molecule has 0 bridgehead atoms. The summed E-state index contributed by atoms with van der Waals surface area (Å²) in [6.45, 7) is 3.18. The van der Waals surface area contributed by atoms with Crippen molar-refractivity contribution in [2.45, 2.75) is 37.1 Å². The van der Waals surface area contributed by atoms with Gasteiger partial charge in [-0.2, -0.15) is 5.10 Å². The molecule has 29 heavy (non-hydrogen) atoms. The van der Waals surface area contributed by atoms with Crippen molar-refractivity contribution in [3.8, 4) is 0 Å². The van der Waals surface area contributed by atoms with Gasteiger partial charge >= 0.3 is 5.97 Å². The fourth-order valence-corrected chi connectivity index (χ4v) is 4.03. The second-order valence-corrected chi connectivity index (χ2v) is 9.16. The van der Waals surface area contributed by atoms with Crippen molar-refractivity contribution in [1.82, 2.24) is 5.01 Å². The lowest BCUT2D eigenvalue weighted by Crippen LogP contribution is -2.33. The molecule has 0 N–H and O–H groups in total. The van der Waals surface area contributed by atoms with Crippen molar-refractivity contribution in [1.29, 1.82) is 0 Å². The Labute approximate surface area is 178 Å². The van der Waals surface area contributed by atoms with Gasteiger partial charge in [-0.05, 0) is 31.5 Å². The first kappa shape index (κ1) is 20.0. The van der Waals surface area contributed by atoms with Crippen molar-refractivity contribution >= 4 is 40.8 Å². The van der Waals surface area contributed by atoms with E-state index in [-0.39, 0.29) is 0 Å². The van der Waals surface area contributed by atoms with E-state index in [0.29, 0.717) is 18.6 Å². The number of amides is 1. The molecule has 1 amide bonds. The van der Waals surface area contributed by atoms with Crippen LogP contribution in [-0.4, -0.2) is 33.5 Å². The van der Waals surface area contributed by atoms with Crippen LogP contribution in [-0.2, 0) is 14.3 Å². The van der Waals surface area contributed by atoms with Crippen LogP contribution in [0.3, 0.4) is 0 Å². The van der Waals surface area contributed by atoms with Gasteiger partial charge in [-0.15, -0.1) is 23.2 Å². The predicted molar refractivity (Wildman–Crippen MR) is 109 cm³/mol. The zero-order valence-corrected chi connectivity index (χ0v) is 17.5.